The molecule has 0 saturated carbocycles. The van der Waals surface area contributed by atoms with Gasteiger partial charge in [0.2, 0.25) is 5.91 Å². The highest BCUT2D eigenvalue weighted by molar-refractivity contribution is 5.75. The lowest BCUT2D eigenvalue weighted by molar-refractivity contribution is -0.137. The summed E-state index contributed by atoms with van der Waals surface area (Å²) < 4.78 is 39.5. The summed E-state index contributed by atoms with van der Waals surface area (Å²) in [5, 5.41) is 8.45. The lowest BCUT2D eigenvalue weighted by Gasteiger charge is -2.31. The number of hydrogen-bond acceptors (Lipinski definition) is 3. The number of alkyl halides is 3. The van der Waals surface area contributed by atoms with Gasteiger partial charge in [-0.25, -0.2) is 5.01 Å². The summed E-state index contributed by atoms with van der Waals surface area (Å²) in [7, 11) is 0. The van der Waals surface area contributed by atoms with E-state index in [2.05, 4.69) is 10.3 Å². The number of amides is 1. The Balaban J connectivity index is 2.22. The first-order chi connectivity index (χ1) is 10.9. The minimum atomic E-state index is -4.54. The first-order valence-corrected chi connectivity index (χ1v) is 6.86. The van der Waals surface area contributed by atoms with Crippen molar-refractivity contribution in [2.45, 2.75) is 19.1 Å². The molecule has 0 bridgehead atoms. The smallest absolute Gasteiger partial charge is 0.273 e. The molecule has 0 spiro atoms. The fraction of sp³-hybridized carbons (Fsp3) is 0.188. The van der Waals surface area contributed by atoms with Gasteiger partial charge in [0, 0.05) is 12.5 Å². The summed E-state index contributed by atoms with van der Waals surface area (Å²) in [4.78, 5) is 11.8. The zero-order valence-corrected chi connectivity index (χ0v) is 12.1. The molecule has 23 heavy (non-hydrogen) atoms. The van der Waals surface area contributed by atoms with Gasteiger partial charge < -0.3 is 0 Å². The molecule has 3 rings (SSSR count). The molecule has 1 amide bonds. The summed E-state index contributed by atoms with van der Waals surface area (Å²) in [5.41, 5.74) is -0.132. The van der Waals surface area contributed by atoms with Crippen molar-refractivity contribution >= 4 is 11.6 Å². The van der Waals surface area contributed by atoms with Crippen LogP contribution in [0.25, 0.3) is 0 Å². The van der Waals surface area contributed by atoms with Gasteiger partial charge in [-0.1, -0.05) is 47.7 Å². The van der Waals surface area contributed by atoms with Crippen molar-refractivity contribution < 1.29 is 18.0 Å². The van der Waals surface area contributed by atoms with Gasteiger partial charge in [-0.15, -0.1) is 5.11 Å². The normalized spacial score (nSPS) is 17.0. The average Bonchev–Trinajstić information content (AvgIpc) is 2.53. The van der Waals surface area contributed by atoms with E-state index >= 15 is 0 Å². The van der Waals surface area contributed by atoms with Crippen LogP contribution in [0.5, 0.6) is 0 Å². The molecule has 0 radical (unpaired) electrons. The van der Waals surface area contributed by atoms with Crippen LogP contribution in [-0.4, -0.2) is 10.9 Å². The average molecular weight is 319 g/mol. The van der Waals surface area contributed by atoms with E-state index in [-0.39, 0.29) is 5.69 Å². The summed E-state index contributed by atoms with van der Waals surface area (Å²) in [6.45, 7) is 1.30. The standard InChI is InChI=1S/C16H12F3N3O/c1-10(23)22-15(11-6-3-2-4-7-11)12-8-5-9-13(16(17,18)19)14(12)20-21-22/h2-9,15H,1H3. The second-order valence-electron chi connectivity index (χ2n) is 5.11. The SMILES string of the molecule is CC(=O)N1N=Nc2c(cccc2C(F)(F)F)C1c1ccccc1. The van der Waals surface area contributed by atoms with E-state index in [1.165, 1.54) is 19.1 Å². The summed E-state index contributed by atoms with van der Waals surface area (Å²) in [6, 6.07) is 11.9. The summed E-state index contributed by atoms with van der Waals surface area (Å²) in [6.07, 6.45) is -4.54. The fourth-order valence-corrected chi connectivity index (χ4v) is 2.60. The Kier molecular flexibility index (Phi) is 3.63. The Morgan fingerprint density at radius 3 is 2.39 bits per heavy atom. The van der Waals surface area contributed by atoms with Crippen LogP contribution in [0.4, 0.5) is 18.9 Å². The molecule has 0 saturated heterocycles. The fourth-order valence-electron chi connectivity index (χ4n) is 2.60. The van der Waals surface area contributed by atoms with Gasteiger partial charge in [0.15, 0.2) is 0 Å². The maximum absolute atomic E-state index is 13.2. The molecular formula is C16H12F3N3O. The second kappa shape index (κ2) is 5.49. The van der Waals surface area contributed by atoms with Gasteiger partial charge in [-0.05, 0) is 11.6 Å². The number of hydrogen-bond donors (Lipinski definition) is 0. The van der Waals surface area contributed by atoms with Crippen LogP contribution >= 0.6 is 0 Å². The zero-order chi connectivity index (χ0) is 16.6. The minimum Gasteiger partial charge on any atom is -0.273 e. The van der Waals surface area contributed by atoms with Crippen molar-refractivity contribution in [3.8, 4) is 0 Å². The van der Waals surface area contributed by atoms with E-state index in [1.54, 1.807) is 30.3 Å². The van der Waals surface area contributed by atoms with Crippen molar-refractivity contribution in [2.75, 3.05) is 0 Å². The molecule has 2 aromatic carbocycles. The van der Waals surface area contributed by atoms with Crippen molar-refractivity contribution in [1.29, 1.82) is 0 Å². The Bertz CT molecular complexity index is 772. The lowest BCUT2D eigenvalue weighted by Crippen LogP contribution is -2.31. The lowest BCUT2D eigenvalue weighted by atomic mass is 9.94. The van der Waals surface area contributed by atoms with Gasteiger partial charge in [0.05, 0.1) is 5.56 Å². The topological polar surface area (TPSA) is 45.0 Å². The summed E-state index contributed by atoms with van der Waals surface area (Å²) >= 11 is 0. The predicted molar refractivity (Wildman–Crippen MR) is 76.8 cm³/mol. The number of rotatable bonds is 1. The third-order valence-corrected chi connectivity index (χ3v) is 3.59. The number of carbonyl (C=O) groups excluding carboxylic acids is 1. The van der Waals surface area contributed by atoms with E-state index in [9.17, 15) is 18.0 Å². The quantitative estimate of drug-likeness (QED) is 0.754. The van der Waals surface area contributed by atoms with Crippen molar-refractivity contribution in [3.05, 3.63) is 65.2 Å². The van der Waals surface area contributed by atoms with E-state index in [0.29, 0.717) is 11.1 Å². The Labute approximate surface area is 130 Å². The summed E-state index contributed by atoms with van der Waals surface area (Å²) in [5.74, 6) is -0.398. The van der Waals surface area contributed by atoms with Crippen LogP contribution in [0.2, 0.25) is 0 Å². The van der Waals surface area contributed by atoms with Crippen LogP contribution in [0.15, 0.2) is 58.9 Å². The molecule has 0 fully saturated rings. The van der Waals surface area contributed by atoms with Gasteiger partial charge >= 0.3 is 6.18 Å². The maximum Gasteiger partial charge on any atom is 0.418 e. The molecule has 0 aromatic heterocycles. The van der Waals surface area contributed by atoms with E-state index in [0.717, 1.165) is 11.1 Å². The number of carbonyl (C=O) groups is 1. The number of halogens is 3. The first kappa shape index (κ1) is 15.2. The highest BCUT2D eigenvalue weighted by atomic mass is 19.4. The molecule has 2 aromatic rings. The molecule has 7 heteroatoms. The van der Waals surface area contributed by atoms with Crippen LogP contribution in [0.3, 0.4) is 0 Å². The molecule has 1 aliphatic heterocycles. The van der Waals surface area contributed by atoms with E-state index in [1.807, 2.05) is 0 Å². The molecule has 1 heterocycles. The van der Waals surface area contributed by atoms with E-state index < -0.39 is 23.7 Å². The third-order valence-electron chi connectivity index (χ3n) is 3.59. The monoisotopic (exact) mass is 319 g/mol. The second-order valence-corrected chi connectivity index (χ2v) is 5.11. The highest BCUT2D eigenvalue weighted by Gasteiger charge is 2.39. The molecule has 118 valence electrons. The first-order valence-electron chi connectivity index (χ1n) is 6.86. The molecule has 0 aliphatic carbocycles. The third kappa shape index (κ3) is 2.69. The maximum atomic E-state index is 13.2. The van der Waals surface area contributed by atoms with E-state index in [4.69, 9.17) is 0 Å². The highest BCUT2D eigenvalue weighted by Crippen LogP contribution is 2.45. The number of nitrogens with zero attached hydrogens (tertiary/aromatic N) is 3. The largest absolute Gasteiger partial charge is 0.418 e. The molecule has 1 unspecified atom stereocenters. The Hall–Kier alpha value is -2.70. The molecule has 1 atom stereocenters. The van der Waals surface area contributed by atoms with Crippen molar-refractivity contribution in [2.24, 2.45) is 10.3 Å². The van der Waals surface area contributed by atoms with Crippen LogP contribution in [-0.2, 0) is 11.0 Å². The Morgan fingerprint density at radius 2 is 1.78 bits per heavy atom. The van der Waals surface area contributed by atoms with Gasteiger partial charge in [0.25, 0.3) is 0 Å². The van der Waals surface area contributed by atoms with Crippen molar-refractivity contribution in [3.63, 3.8) is 0 Å². The zero-order valence-electron chi connectivity index (χ0n) is 12.1. The Morgan fingerprint density at radius 1 is 1.09 bits per heavy atom. The van der Waals surface area contributed by atoms with Crippen molar-refractivity contribution in [1.82, 2.24) is 5.01 Å². The predicted octanol–water partition coefficient (Wildman–Crippen LogP) is 4.66. The van der Waals surface area contributed by atoms with Crippen LogP contribution < -0.4 is 0 Å². The minimum absolute atomic E-state index is 0.244. The van der Waals surface area contributed by atoms with Gasteiger partial charge in [-0.2, -0.15) is 13.2 Å². The molecule has 4 nitrogen and oxygen atoms in total. The van der Waals surface area contributed by atoms with Crippen LogP contribution in [0.1, 0.15) is 29.7 Å². The molecule has 1 aliphatic rings. The van der Waals surface area contributed by atoms with Gasteiger partial charge in [-0.3, -0.25) is 4.79 Å². The van der Waals surface area contributed by atoms with Crippen LogP contribution in [0, 0.1) is 0 Å². The molecule has 0 N–H and O–H groups in total. The molecular weight excluding hydrogens is 307 g/mol. The number of fused-ring (bicyclic) bond motifs is 1. The number of benzene rings is 2. The van der Waals surface area contributed by atoms with Gasteiger partial charge in [0.1, 0.15) is 11.7 Å².